The maximum absolute atomic E-state index is 12.0. The number of hydrogen-bond donors (Lipinski definition) is 1. The van der Waals surface area contributed by atoms with Crippen LogP contribution in [0.1, 0.15) is 31.8 Å². The highest BCUT2D eigenvalue weighted by Crippen LogP contribution is 2.20. The lowest BCUT2D eigenvalue weighted by Crippen LogP contribution is -2.29. The lowest BCUT2D eigenvalue weighted by molar-refractivity contribution is -0.121. The van der Waals surface area contributed by atoms with Crippen LogP contribution >= 0.6 is 11.6 Å². The average molecular weight is 298 g/mol. The van der Waals surface area contributed by atoms with Gasteiger partial charge in [0, 0.05) is 13.1 Å². The number of aromatic nitrogens is 4. The molecule has 2 aromatic heterocycles. The molecule has 2 rings (SSSR count). The molecule has 0 saturated carbocycles. The summed E-state index contributed by atoms with van der Waals surface area (Å²) in [7, 11) is 0. The van der Waals surface area contributed by atoms with Gasteiger partial charge in [0.15, 0.2) is 5.65 Å². The van der Waals surface area contributed by atoms with Crippen molar-refractivity contribution in [3.63, 3.8) is 0 Å². The van der Waals surface area contributed by atoms with E-state index in [4.69, 9.17) is 11.6 Å². The van der Waals surface area contributed by atoms with Gasteiger partial charge in [0.05, 0.1) is 11.6 Å². The molecule has 6 nitrogen and oxygen atoms in total. The van der Waals surface area contributed by atoms with Crippen LogP contribution in [-0.4, -0.2) is 31.8 Å². The van der Waals surface area contributed by atoms with E-state index >= 15 is 0 Å². The number of nitrogens with zero attached hydrogens (tertiary/aromatic N) is 4. The van der Waals surface area contributed by atoms with Gasteiger partial charge in [-0.2, -0.15) is 5.10 Å². The molecule has 0 aliphatic heterocycles. The highest BCUT2D eigenvalue weighted by atomic mass is 35.5. The Balaban J connectivity index is 2.41. The number of rotatable bonds is 6. The van der Waals surface area contributed by atoms with Crippen molar-refractivity contribution >= 4 is 28.7 Å². The highest BCUT2D eigenvalue weighted by molar-refractivity contribution is 6.16. The summed E-state index contributed by atoms with van der Waals surface area (Å²) in [6, 6.07) is 0. The van der Waals surface area contributed by atoms with Crippen LogP contribution in [0.15, 0.2) is 0 Å². The van der Waals surface area contributed by atoms with Crippen LogP contribution in [0.3, 0.4) is 0 Å². The molecule has 20 heavy (non-hydrogen) atoms. The van der Waals surface area contributed by atoms with Gasteiger partial charge in [-0.1, -0.05) is 6.92 Å². The van der Waals surface area contributed by atoms with Crippen LogP contribution < -0.4 is 5.32 Å². The quantitative estimate of drug-likeness (QED) is 0.827. The third-order valence-electron chi connectivity index (χ3n) is 3.17. The van der Waals surface area contributed by atoms with E-state index in [0.29, 0.717) is 12.4 Å². The zero-order valence-electron chi connectivity index (χ0n) is 12.1. The molecule has 0 radical (unpaired) electrons. The Morgan fingerprint density at radius 2 is 2.15 bits per heavy atom. The number of nitrogens with one attached hydrogen (secondary N) is 1. The molecule has 0 bridgehead atoms. The Kier molecular flexibility index (Phi) is 4.65. The number of alkyl halides is 1. The van der Waals surface area contributed by atoms with E-state index in [-0.39, 0.29) is 18.3 Å². The molecular weight excluding hydrogens is 278 g/mol. The first-order chi connectivity index (χ1) is 9.62. The van der Waals surface area contributed by atoms with E-state index in [1.54, 1.807) is 0 Å². The minimum atomic E-state index is -0.0287. The van der Waals surface area contributed by atoms with Crippen molar-refractivity contribution in [3.05, 3.63) is 11.5 Å². The lowest BCUT2D eigenvalue weighted by atomic mass is 10.4. The van der Waals surface area contributed by atoms with Crippen LogP contribution in [0, 0.1) is 6.92 Å². The van der Waals surface area contributed by atoms with Crippen molar-refractivity contribution in [1.29, 1.82) is 0 Å². The number of carbonyl (C=O) groups excluding carboxylic acids is 1. The molecule has 7 heteroatoms. The van der Waals surface area contributed by atoms with Crippen molar-refractivity contribution in [2.45, 2.75) is 46.2 Å². The molecule has 0 unspecified atom stereocenters. The molecule has 0 spiro atoms. The maximum atomic E-state index is 12.0. The van der Waals surface area contributed by atoms with E-state index in [0.717, 1.165) is 29.8 Å². The van der Waals surface area contributed by atoms with E-state index in [1.807, 2.05) is 30.0 Å². The number of fused-ring (bicyclic) bond motifs is 1. The average Bonchev–Trinajstić information content (AvgIpc) is 2.95. The second-order valence-electron chi connectivity index (χ2n) is 4.67. The molecule has 0 aliphatic rings. The van der Waals surface area contributed by atoms with E-state index < -0.39 is 0 Å². The summed E-state index contributed by atoms with van der Waals surface area (Å²) in [5.74, 6) is 0.953. The van der Waals surface area contributed by atoms with E-state index in [9.17, 15) is 4.79 Å². The second-order valence-corrected chi connectivity index (χ2v) is 4.94. The Labute approximate surface area is 123 Å². The Morgan fingerprint density at radius 3 is 2.75 bits per heavy atom. The van der Waals surface area contributed by atoms with Crippen molar-refractivity contribution < 1.29 is 4.79 Å². The summed E-state index contributed by atoms with van der Waals surface area (Å²) < 4.78 is 3.72. The zero-order chi connectivity index (χ0) is 14.7. The topological polar surface area (TPSA) is 64.7 Å². The van der Waals surface area contributed by atoms with Crippen LogP contribution in [0.2, 0.25) is 0 Å². The predicted molar refractivity (Wildman–Crippen MR) is 78.8 cm³/mol. The standard InChI is InChI=1S/C13H20ClN5O/c1-4-6-15-11(20)8-18-10(7-14)16-12-9(3)17-19(5-2)13(12)18/h4-8H2,1-3H3,(H,15,20). The van der Waals surface area contributed by atoms with Crippen LogP contribution in [0.5, 0.6) is 0 Å². The number of halogens is 1. The summed E-state index contributed by atoms with van der Waals surface area (Å²) in [5.41, 5.74) is 2.55. The van der Waals surface area contributed by atoms with Crippen molar-refractivity contribution in [1.82, 2.24) is 24.6 Å². The monoisotopic (exact) mass is 297 g/mol. The lowest BCUT2D eigenvalue weighted by Gasteiger charge is -2.09. The summed E-state index contributed by atoms with van der Waals surface area (Å²) in [6.45, 7) is 7.59. The third kappa shape index (κ3) is 2.65. The van der Waals surface area contributed by atoms with Gasteiger partial charge < -0.3 is 9.88 Å². The summed E-state index contributed by atoms with van der Waals surface area (Å²) in [6.07, 6.45) is 0.916. The molecule has 0 aromatic carbocycles. The van der Waals surface area contributed by atoms with Crippen molar-refractivity contribution in [2.75, 3.05) is 6.54 Å². The molecular formula is C13H20ClN5O. The summed E-state index contributed by atoms with van der Waals surface area (Å²) >= 11 is 5.95. The Hall–Kier alpha value is -1.56. The van der Waals surface area contributed by atoms with E-state index in [1.165, 1.54) is 0 Å². The molecule has 0 aliphatic carbocycles. The highest BCUT2D eigenvalue weighted by Gasteiger charge is 2.19. The van der Waals surface area contributed by atoms with Gasteiger partial charge in [-0.05, 0) is 20.3 Å². The number of aryl methyl sites for hydroxylation is 2. The molecule has 0 saturated heterocycles. The van der Waals surface area contributed by atoms with Crippen molar-refractivity contribution in [2.24, 2.45) is 0 Å². The normalized spacial score (nSPS) is 11.2. The molecule has 2 aromatic rings. The van der Waals surface area contributed by atoms with Gasteiger partial charge in [-0.15, -0.1) is 11.6 Å². The van der Waals surface area contributed by atoms with Gasteiger partial charge in [0.2, 0.25) is 5.91 Å². The summed E-state index contributed by atoms with van der Waals surface area (Å²) in [4.78, 5) is 16.5. The largest absolute Gasteiger partial charge is 0.355 e. The third-order valence-corrected chi connectivity index (χ3v) is 3.41. The minimum absolute atomic E-state index is 0.0287. The van der Waals surface area contributed by atoms with Crippen LogP contribution in [-0.2, 0) is 23.8 Å². The fourth-order valence-corrected chi connectivity index (χ4v) is 2.43. The molecule has 1 amide bonds. The molecule has 1 N–H and O–H groups in total. The fourth-order valence-electron chi connectivity index (χ4n) is 2.22. The first-order valence-corrected chi connectivity index (χ1v) is 7.40. The van der Waals surface area contributed by atoms with Crippen LogP contribution in [0.4, 0.5) is 0 Å². The molecule has 0 atom stereocenters. The Bertz CT molecular complexity index is 616. The maximum Gasteiger partial charge on any atom is 0.240 e. The van der Waals surface area contributed by atoms with Crippen molar-refractivity contribution in [3.8, 4) is 0 Å². The van der Waals surface area contributed by atoms with Gasteiger partial charge in [-0.25, -0.2) is 9.67 Å². The SMILES string of the molecule is CCCNC(=O)Cn1c(CCl)nc2c(C)nn(CC)c21. The molecule has 110 valence electrons. The van der Waals surface area contributed by atoms with Gasteiger partial charge in [0.1, 0.15) is 17.9 Å². The molecule has 0 fully saturated rings. The van der Waals surface area contributed by atoms with Crippen LogP contribution in [0.25, 0.3) is 11.2 Å². The first-order valence-electron chi connectivity index (χ1n) is 6.87. The van der Waals surface area contributed by atoms with Gasteiger partial charge in [0.25, 0.3) is 0 Å². The fraction of sp³-hybridized carbons (Fsp3) is 0.615. The van der Waals surface area contributed by atoms with Gasteiger partial charge in [-0.3, -0.25) is 4.79 Å². The minimum Gasteiger partial charge on any atom is -0.355 e. The Morgan fingerprint density at radius 1 is 1.40 bits per heavy atom. The van der Waals surface area contributed by atoms with Gasteiger partial charge >= 0.3 is 0 Å². The summed E-state index contributed by atoms with van der Waals surface area (Å²) in [5, 5.41) is 7.30. The smallest absolute Gasteiger partial charge is 0.240 e. The first kappa shape index (κ1) is 14.8. The second kappa shape index (κ2) is 6.26. The van der Waals surface area contributed by atoms with E-state index in [2.05, 4.69) is 15.4 Å². The predicted octanol–water partition coefficient (Wildman–Crippen LogP) is 1.83. The molecule has 2 heterocycles. The number of amides is 1. The number of carbonyl (C=O) groups is 1. The zero-order valence-corrected chi connectivity index (χ0v) is 12.9. The number of imidazole rings is 1. The number of hydrogen-bond acceptors (Lipinski definition) is 3.